The molecule has 0 radical (unpaired) electrons. The van der Waals surface area contributed by atoms with Gasteiger partial charge in [0, 0.05) is 0 Å². The Bertz CT molecular complexity index is 288. The summed E-state index contributed by atoms with van der Waals surface area (Å²) in [7, 11) is 2.08. The van der Waals surface area contributed by atoms with Crippen LogP contribution in [0.15, 0.2) is 30.3 Å². The number of hydrogen-bond acceptors (Lipinski definition) is 1. The maximum absolute atomic E-state index is 3.36. The second-order valence-electron chi connectivity index (χ2n) is 5.05. The Kier molecular flexibility index (Phi) is 4.41. The first-order chi connectivity index (χ1) is 7.90. The molecule has 1 aromatic carbocycles. The van der Waals surface area contributed by atoms with Gasteiger partial charge in [-0.05, 0) is 37.4 Å². The molecule has 0 saturated heterocycles. The van der Waals surface area contributed by atoms with E-state index in [0.717, 1.165) is 11.8 Å². The SMILES string of the molecule is CNCC(Cc1ccccc1)C1CCCC1. The molecule has 1 nitrogen and oxygen atoms in total. The first-order valence-electron chi connectivity index (χ1n) is 6.58. The van der Waals surface area contributed by atoms with E-state index in [-0.39, 0.29) is 0 Å². The fraction of sp³-hybridized carbons (Fsp3) is 0.600. The van der Waals surface area contributed by atoms with Crippen molar-refractivity contribution in [2.24, 2.45) is 11.8 Å². The van der Waals surface area contributed by atoms with Gasteiger partial charge in [-0.1, -0.05) is 56.0 Å². The van der Waals surface area contributed by atoms with Crippen LogP contribution in [-0.2, 0) is 6.42 Å². The lowest BCUT2D eigenvalue weighted by atomic mass is 9.85. The van der Waals surface area contributed by atoms with Gasteiger partial charge in [-0.15, -0.1) is 0 Å². The quantitative estimate of drug-likeness (QED) is 0.798. The Balaban J connectivity index is 1.96. The van der Waals surface area contributed by atoms with Crippen molar-refractivity contribution in [1.29, 1.82) is 0 Å². The molecule has 0 amide bonds. The molecule has 1 unspecified atom stereocenters. The van der Waals surface area contributed by atoms with Crippen LogP contribution in [0.25, 0.3) is 0 Å². The Morgan fingerprint density at radius 1 is 1.19 bits per heavy atom. The molecule has 0 bridgehead atoms. The molecule has 1 saturated carbocycles. The predicted octanol–water partition coefficient (Wildman–Crippen LogP) is 3.25. The zero-order chi connectivity index (χ0) is 11.2. The van der Waals surface area contributed by atoms with E-state index in [4.69, 9.17) is 0 Å². The number of rotatable bonds is 5. The molecule has 1 atom stereocenters. The van der Waals surface area contributed by atoms with Crippen molar-refractivity contribution in [1.82, 2.24) is 5.32 Å². The number of hydrogen-bond donors (Lipinski definition) is 1. The van der Waals surface area contributed by atoms with E-state index in [9.17, 15) is 0 Å². The third-order valence-electron chi connectivity index (χ3n) is 3.87. The minimum atomic E-state index is 0.829. The molecule has 0 spiro atoms. The minimum absolute atomic E-state index is 0.829. The van der Waals surface area contributed by atoms with E-state index in [2.05, 4.69) is 42.7 Å². The van der Waals surface area contributed by atoms with Gasteiger partial charge in [0.25, 0.3) is 0 Å². The molecule has 1 N–H and O–H groups in total. The maximum Gasteiger partial charge on any atom is -0.00177 e. The molecule has 1 aliphatic carbocycles. The number of nitrogens with one attached hydrogen (secondary N) is 1. The van der Waals surface area contributed by atoms with Crippen LogP contribution in [0.2, 0.25) is 0 Å². The average molecular weight is 217 g/mol. The van der Waals surface area contributed by atoms with E-state index in [1.54, 1.807) is 0 Å². The zero-order valence-corrected chi connectivity index (χ0v) is 10.3. The smallest absolute Gasteiger partial charge is 0.00177 e. The predicted molar refractivity (Wildman–Crippen MR) is 69.5 cm³/mol. The highest BCUT2D eigenvalue weighted by molar-refractivity contribution is 5.15. The highest BCUT2D eigenvalue weighted by atomic mass is 14.8. The van der Waals surface area contributed by atoms with Crippen LogP contribution < -0.4 is 5.32 Å². The van der Waals surface area contributed by atoms with Gasteiger partial charge >= 0.3 is 0 Å². The molecule has 1 aliphatic rings. The summed E-state index contributed by atoms with van der Waals surface area (Å²) in [5.74, 6) is 1.78. The fourth-order valence-corrected chi connectivity index (χ4v) is 3.01. The van der Waals surface area contributed by atoms with E-state index in [1.165, 1.54) is 44.2 Å². The molecule has 1 heteroatoms. The van der Waals surface area contributed by atoms with E-state index in [0.29, 0.717) is 0 Å². The lowest BCUT2D eigenvalue weighted by Crippen LogP contribution is -2.26. The van der Waals surface area contributed by atoms with Crippen molar-refractivity contribution in [3.63, 3.8) is 0 Å². The normalized spacial score (nSPS) is 18.8. The second kappa shape index (κ2) is 6.05. The summed E-state index contributed by atoms with van der Waals surface area (Å²) in [6, 6.07) is 10.9. The lowest BCUT2D eigenvalue weighted by molar-refractivity contribution is 0.328. The van der Waals surface area contributed by atoms with Gasteiger partial charge < -0.3 is 5.32 Å². The fourth-order valence-electron chi connectivity index (χ4n) is 3.01. The van der Waals surface area contributed by atoms with E-state index >= 15 is 0 Å². The molecule has 1 aromatic rings. The average Bonchev–Trinajstić information content (AvgIpc) is 2.83. The largest absolute Gasteiger partial charge is 0.319 e. The van der Waals surface area contributed by atoms with Crippen molar-refractivity contribution in [3.8, 4) is 0 Å². The van der Waals surface area contributed by atoms with Gasteiger partial charge in [-0.25, -0.2) is 0 Å². The van der Waals surface area contributed by atoms with Crippen molar-refractivity contribution < 1.29 is 0 Å². The van der Waals surface area contributed by atoms with Gasteiger partial charge in [0.05, 0.1) is 0 Å². The molecule has 0 heterocycles. The lowest BCUT2D eigenvalue weighted by Gasteiger charge is -2.23. The second-order valence-corrected chi connectivity index (χ2v) is 5.05. The molecule has 16 heavy (non-hydrogen) atoms. The van der Waals surface area contributed by atoms with Gasteiger partial charge in [0.15, 0.2) is 0 Å². The number of benzene rings is 1. The minimum Gasteiger partial charge on any atom is -0.319 e. The third kappa shape index (κ3) is 3.08. The summed E-state index contributed by atoms with van der Waals surface area (Å²) >= 11 is 0. The molecule has 2 rings (SSSR count). The highest BCUT2D eigenvalue weighted by Gasteiger charge is 2.24. The summed E-state index contributed by atoms with van der Waals surface area (Å²) in [6.45, 7) is 1.17. The van der Waals surface area contributed by atoms with Crippen LogP contribution in [0.4, 0.5) is 0 Å². The standard InChI is InChI=1S/C15H23N/c1-16-12-15(14-9-5-6-10-14)11-13-7-3-2-4-8-13/h2-4,7-8,14-16H,5-6,9-12H2,1H3. The molecule has 0 aromatic heterocycles. The Labute approximate surface area is 99.3 Å². The Morgan fingerprint density at radius 3 is 2.50 bits per heavy atom. The van der Waals surface area contributed by atoms with Gasteiger partial charge in [-0.2, -0.15) is 0 Å². The van der Waals surface area contributed by atoms with E-state index in [1.807, 2.05) is 0 Å². The van der Waals surface area contributed by atoms with Crippen LogP contribution in [0.3, 0.4) is 0 Å². The van der Waals surface area contributed by atoms with E-state index < -0.39 is 0 Å². The molecule has 1 fully saturated rings. The molecule has 88 valence electrons. The maximum atomic E-state index is 3.36. The monoisotopic (exact) mass is 217 g/mol. The van der Waals surface area contributed by atoms with Crippen LogP contribution in [-0.4, -0.2) is 13.6 Å². The summed E-state index contributed by atoms with van der Waals surface area (Å²) in [5.41, 5.74) is 1.50. The zero-order valence-electron chi connectivity index (χ0n) is 10.3. The van der Waals surface area contributed by atoms with Crippen molar-refractivity contribution >= 4 is 0 Å². The van der Waals surface area contributed by atoms with Crippen molar-refractivity contribution in [2.45, 2.75) is 32.1 Å². The Morgan fingerprint density at radius 2 is 1.88 bits per heavy atom. The van der Waals surface area contributed by atoms with Crippen LogP contribution in [0.1, 0.15) is 31.2 Å². The molecular weight excluding hydrogens is 194 g/mol. The summed E-state index contributed by atoms with van der Waals surface area (Å²) < 4.78 is 0. The summed E-state index contributed by atoms with van der Waals surface area (Å²) in [4.78, 5) is 0. The highest BCUT2D eigenvalue weighted by Crippen LogP contribution is 2.32. The first kappa shape index (κ1) is 11.7. The topological polar surface area (TPSA) is 12.0 Å². The molecular formula is C15H23N. The van der Waals surface area contributed by atoms with Gasteiger partial charge in [0.1, 0.15) is 0 Å². The van der Waals surface area contributed by atoms with Crippen molar-refractivity contribution in [2.75, 3.05) is 13.6 Å². The van der Waals surface area contributed by atoms with Gasteiger partial charge in [-0.3, -0.25) is 0 Å². The first-order valence-corrected chi connectivity index (χ1v) is 6.58. The third-order valence-corrected chi connectivity index (χ3v) is 3.87. The summed E-state index contributed by atoms with van der Waals surface area (Å²) in [6.07, 6.45) is 7.02. The van der Waals surface area contributed by atoms with Crippen LogP contribution >= 0.6 is 0 Å². The Hall–Kier alpha value is -0.820. The molecule has 0 aliphatic heterocycles. The summed E-state index contributed by atoms with van der Waals surface area (Å²) in [5, 5.41) is 3.36. The van der Waals surface area contributed by atoms with Crippen molar-refractivity contribution in [3.05, 3.63) is 35.9 Å². The van der Waals surface area contributed by atoms with Gasteiger partial charge in [0.2, 0.25) is 0 Å². The van der Waals surface area contributed by atoms with Crippen LogP contribution in [0.5, 0.6) is 0 Å². The van der Waals surface area contributed by atoms with Crippen LogP contribution in [0, 0.1) is 11.8 Å².